The Hall–Kier alpha value is -2.01. The number of aromatic nitrogens is 1. The number of nitrogens with two attached hydrogens (primary N) is 1. The molecule has 1 aromatic carbocycles. The summed E-state index contributed by atoms with van der Waals surface area (Å²) in [6.07, 6.45) is 0. The highest BCUT2D eigenvalue weighted by atomic mass is 16.5. The minimum absolute atomic E-state index is 0.140. The van der Waals surface area contributed by atoms with E-state index in [1.54, 1.807) is 7.11 Å². The van der Waals surface area contributed by atoms with Crippen LogP contribution in [0.2, 0.25) is 0 Å². The highest BCUT2D eigenvalue weighted by Crippen LogP contribution is 2.26. The molecule has 0 radical (unpaired) electrons. The van der Waals surface area contributed by atoms with Crippen molar-refractivity contribution in [1.82, 2.24) is 10.3 Å². The molecule has 1 heterocycles. The van der Waals surface area contributed by atoms with Gasteiger partial charge in [-0.3, -0.25) is 0 Å². The van der Waals surface area contributed by atoms with Crippen LogP contribution in [0.15, 0.2) is 17.1 Å². The summed E-state index contributed by atoms with van der Waals surface area (Å²) in [6.45, 7) is 9.50. The zero-order valence-corrected chi connectivity index (χ0v) is 14.1. The first-order valence-electron chi connectivity index (χ1n) is 7.56. The van der Waals surface area contributed by atoms with E-state index in [1.807, 2.05) is 6.92 Å². The lowest BCUT2D eigenvalue weighted by Gasteiger charge is -2.13. The van der Waals surface area contributed by atoms with Crippen LogP contribution in [0, 0.1) is 20.8 Å². The van der Waals surface area contributed by atoms with E-state index in [0.717, 1.165) is 11.1 Å². The Morgan fingerprint density at radius 1 is 1.36 bits per heavy atom. The van der Waals surface area contributed by atoms with Crippen LogP contribution >= 0.6 is 0 Å². The summed E-state index contributed by atoms with van der Waals surface area (Å²) in [7, 11) is 1.67. The number of hydrogen-bond acceptors (Lipinski definition) is 2. The first-order valence-corrected chi connectivity index (χ1v) is 7.56. The summed E-state index contributed by atoms with van der Waals surface area (Å²) in [5.41, 5.74) is 12.0. The Labute approximate surface area is 132 Å². The minimum atomic E-state index is 0.140. The molecule has 0 aliphatic rings. The van der Waals surface area contributed by atoms with Crippen molar-refractivity contribution in [2.24, 2.45) is 10.7 Å². The third-order valence-corrected chi connectivity index (χ3v) is 3.87. The number of methoxy groups -OCH3 is 1. The predicted molar refractivity (Wildman–Crippen MR) is 92.3 cm³/mol. The van der Waals surface area contributed by atoms with Crippen LogP contribution in [0.1, 0.15) is 29.3 Å². The molecule has 0 spiro atoms. The van der Waals surface area contributed by atoms with Crippen LogP contribution in [-0.4, -0.2) is 30.7 Å². The molecule has 22 heavy (non-hydrogen) atoms. The maximum absolute atomic E-state index is 5.94. The molecule has 120 valence electrons. The van der Waals surface area contributed by atoms with Gasteiger partial charge in [0.15, 0.2) is 5.96 Å². The third-order valence-electron chi connectivity index (χ3n) is 3.87. The highest BCUT2D eigenvalue weighted by Gasteiger charge is 2.09. The Kier molecular flexibility index (Phi) is 5.08. The zero-order chi connectivity index (χ0) is 16.3. The van der Waals surface area contributed by atoms with Crippen LogP contribution in [0.5, 0.6) is 0 Å². The van der Waals surface area contributed by atoms with Gasteiger partial charge in [0.2, 0.25) is 0 Å². The maximum atomic E-state index is 5.94. The van der Waals surface area contributed by atoms with Gasteiger partial charge in [-0.2, -0.15) is 0 Å². The van der Waals surface area contributed by atoms with E-state index in [4.69, 9.17) is 10.5 Å². The molecule has 0 fully saturated rings. The van der Waals surface area contributed by atoms with Gasteiger partial charge < -0.3 is 20.8 Å². The first kappa shape index (κ1) is 16.4. The molecule has 5 heteroatoms. The molecule has 0 aliphatic heterocycles. The fourth-order valence-electron chi connectivity index (χ4n) is 2.67. The third kappa shape index (κ3) is 3.60. The molecule has 4 N–H and O–H groups in total. The van der Waals surface area contributed by atoms with Gasteiger partial charge in [-0.25, -0.2) is 4.99 Å². The van der Waals surface area contributed by atoms with Crippen molar-refractivity contribution in [1.29, 1.82) is 0 Å². The number of ether oxygens (including phenoxy) is 1. The van der Waals surface area contributed by atoms with Crippen LogP contribution in [0.25, 0.3) is 10.9 Å². The van der Waals surface area contributed by atoms with E-state index >= 15 is 0 Å². The highest BCUT2D eigenvalue weighted by molar-refractivity contribution is 5.88. The summed E-state index contributed by atoms with van der Waals surface area (Å²) in [5, 5.41) is 4.39. The quantitative estimate of drug-likeness (QED) is 0.587. The molecule has 0 saturated carbocycles. The molecule has 0 bridgehead atoms. The van der Waals surface area contributed by atoms with Crippen molar-refractivity contribution in [3.8, 4) is 0 Å². The van der Waals surface area contributed by atoms with Crippen LogP contribution in [-0.2, 0) is 11.3 Å². The number of rotatable bonds is 5. The molecular weight excluding hydrogens is 276 g/mol. The van der Waals surface area contributed by atoms with E-state index in [2.05, 4.69) is 48.2 Å². The van der Waals surface area contributed by atoms with Crippen LogP contribution < -0.4 is 11.1 Å². The Balaban J connectivity index is 2.23. The van der Waals surface area contributed by atoms with E-state index in [1.165, 1.54) is 22.2 Å². The largest absolute Gasteiger partial charge is 0.383 e. The number of benzene rings is 1. The second-order valence-electron chi connectivity index (χ2n) is 5.92. The fraction of sp³-hybridized carbons (Fsp3) is 0.471. The number of H-pyrrole nitrogens is 1. The van der Waals surface area contributed by atoms with E-state index in [0.29, 0.717) is 19.1 Å². The van der Waals surface area contributed by atoms with Crippen molar-refractivity contribution in [3.05, 3.63) is 34.5 Å². The molecular formula is C17H26N4O. The van der Waals surface area contributed by atoms with E-state index in [9.17, 15) is 0 Å². The van der Waals surface area contributed by atoms with Gasteiger partial charge in [0.25, 0.3) is 0 Å². The molecule has 0 aliphatic carbocycles. The summed E-state index contributed by atoms with van der Waals surface area (Å²) >= 11 is 0. The molecule has 1 aromatic heterocycles. The number of hydrogen-bond donors (Lipinski definition) is 3. The van der Waals surface area contributed by atoms with Crippen molar-refractivity contribution < 1.29 is 4.74 Å². The smallest absolute Gasteiger partial charge is 0.189 e. The average Bonchev–Trinajstić information content (AvgIpc) is 2.73. The molecule has 0 saturated heterocycles. The van der Waals surface area contributed by atoms with Gasteiger partial charge in [-0.15, -0.1) is 0 Å². The molecule has 0 amide bonds. The monoisotopic (exact) mass is 302 g/mol. The van der Waals surface area contributed by atoms with Gasteiger partial charge in [0.05, 0.1) is 18.7 Å². The number of guanidine groups is 1. The topological polar surface area (TPSA) is 75.4 Å². The zero-order valence-electron chi connectivity index (χ0n) is 14.1. The van der Waals surface area contributed by atoms with Gasteiger partial charge >= 0.3 is 0 Å². The summed E-state index contributed by atoms with van der Waals surface area (Å²) in [6, 6.07) is 4.51. The molecule has 1 atom stereocenters. The normalized spacial score (nSPS) is 13.6. The van der Waals surface area contributed by atoms with Crippen molar-refractivity contribution >= 4 is 16.9 Å². The standard InChI is InChI=1S/C17H26N4O/c1-10-6-14(8-19-17(18)20-11(2)9-22-5)16-15(7-10)12(3)13(4)21-16/h6-7,11,21H,8-9H2,1-5H3,(H3,18,19,20). The number of nitrogens with one attached hydrogen (secondary N) is 2. The number of fused-ring (bicyclic) bond motifs is 1. The summed E-state index contributed by atoms with van der Waals surface area (Å²) in [5.74, 6) is 0.444. The van der Waals surface area contributed by atoms with Gasteiger partial charge in [0.1, 0.15) is 0 Å². The lowest BCUT2D eigenvalue weighted by atomic mass is 10.0. The van der Waals surface area contributed by atoms with Gasteiger partial charge in [-0.1, -0.05) is 11.6 Å². The second-order valence-corrected chi connectivity index (χ2v) is 5.92. The van der Waals surface area contributed by atoms with Crippen molar-refractivity contribution in [3.63, 3.8) is 0 Å². The lowest BCUT2D eigenvalue weighted by molar-refractivity contribution is 0.179. The fourth-order valence-corrected chi connectivity index (χ4v) is 2.67. The number of aromatic amines is 1. The number of nitrogens with zero attached hydrogens (tertiary/aromatic N) is 1. The maximum Gasteiger partial charge on any atom is 0.189 e. The Bertz CT molecular complexity index is 688. The number of aliphatic imine (C=N–C) groups is 1. The minimum Gasteiger partial charge on any atom is -0.383 e. The van der Waals surface area contributed by atoms with Gasteiger partial charge in [0, 0.05) is 24.2 Å². The molecule has 5 nitrogen and oxygen atoms in total. The second kappa shape index (κ2) is 6.83. The summed E-state index contributed by atoms with van der Waals surface area (Å²) in [4.78, 5) is 7.91. The first-order chi connectivity index (χ1) is 10.4. The summed E-state index contributed by atoms with van der Waals surface area (Å²) < 4.78 is 5.08. The van der Waals surface area contributed by atoms with E-state index in [-0.39, 0.29) is 6.04 Å². The Morgan fingerprint density at radius 2 is 2.09 bits per heavy atom. The predicted octanol–water partition coefficient (Wildman–Crippen LogP) is 2.53. The van der Waals surface area contributed by atoms with E-state index < -0.39 is 0 Å². The van der Waals surface area contributed by atoms with Crippen LogP contribution in [0.3, 0.4) is 0 Å². The average molecular weight is 302 g/mol. The molecule has 1 unspecified atom stereocenters. The lowest BCUT2D eigenvalue weighted by Crippen LogP contribution is -2.40. The van der Waals surface area contributed by atoms with Crippen molar-refractivity contribution in [2.75, 3.05) is 13.7 Å². The molecule has 2 rings (SSSR count). The van der Waals surface area contributed by atoms with Crippen LogP contribution in [0.4, 0.5) is 0 Å². The molecule has 2 aromatic rings. The van der Waals surface area contributed by atoms with Gasteiger partial charge in [-0.05, 0) is 44.9 Å². The SMILES string of the molecule is COCC(C)NC(N)=NCc1cc(C)cc2c(C)c(C)[nH]c12. The Morgan fingerprint density at radius 3 is 2.77 bits per heavy atom. The van der Waals surface area contributed by atoms with Crippen molar-refractivity contribution in [2.45, 2.75) is 40.3 Å². The number of aryl methyl sites for hydroxylation is 3.